The zero-order valence-electron chi connectivity index (χ0n) is 14.4. The number of nitrogens with zero attached hydrogens (tertiary/aromatic N) is 1. The molecule has 0 saturated heterocycles. The van der Waals surface area contributed by atoms with Crippen LogP contribution in [0.1, 0.15) is 21.6 Å². The molecule has 0 spiro atoms. The number of rotatable bonds is 4. The molecule has 0 unspecified atom stereocenters. The Bertz CT molecular complexity index is 1000. The number of carbonyl (C=O) groups excluding carboxylic acids is 2. The van der Waals surface area contributed by atoms with Gasteiger partial charge in [-0.2, -0.15) is 0 Å². The summed E-state index contributed by atoms with van der Waals surface area (Å²) in [6.45, 7) is 3.22. The summed E-state index contributed by atoms with van der Waals surface area (Å²) in [6, 6.07) is 14.2. The van der Waals surface area contributed by atoms with Gasteiger partial charge in [0, 0.05) is 21.8 Å². The smallest absolute Gasteiger partial charge is 0.339 e. The average Bonchev–Trinajstić information content (AvgIpc) is 2.62. The lowest BCUT2D eigenvalue weighted by Gasteiger charge is -2.11. The largest absolute Gasteiger partial charge is 0.452 e. The predicted octanol–water partition coefficient (Wildman–Crippen LogP) is 4.30. The zero-order valence-corrected chi connectivity index (χ0v) is 15.1. The minimum absolute atomic E-state index is 0.388. The number of benzene rings is 2. The van der Waals surface area contributed by atoms with E-state index in [1.54, 1.807) is 44.2 Å². The number of ether oxygens (including phenoxy) is 1. The summed E-state index contributed by atoms with van der Waals surface area (Å²) in [4.78, 5) is 28.9. The Hall–Kier alpha value is -2.92. The molecule has 0 radical (unpaired) electrons. The van der Waals surface area contributed by atoms with E-state index in [0.717, 1.165) is 5.56 Å². The van der Waals surface area contributed by atoms with Crippen LogP contribution in [-0.4, -0.2) is 23.5 Å². The highest BCUT2D eigenvalue weighted by atomic mass is 35.5. The van der Waals surface area contributed by atoms with Crippen LogP contribution in [-0.2, 0) is 9.53 Å². The molecule has 132 valence electrons. The monoisotopic (exact) mass is 368 g/mol. The van der Waals surface area contributed by atoms with E-state index in [-0.39, 0.29) is 6.61 Å². The lowest BCUT2D eigenvalue weighted by Crippen LogP contribution is -2.21. The molecule has 0 aliphatic rings. The van der Waals surface area contributed by atoms with Gasteiger partial charge in [-0.3, -0.25) is 9.78 Å². The summed E-state index contributed by atoms with van der Waals surface area (Å²) in [5, 5.41) is 3.94. The summed E-state index contributed by atoms with van der Waals surface area (Å²) >= 11 is 6.03. The number of halogens is 1. The third kappa shape index (κ3) is 3.83. The van der Waals surface area contributed by atoms with Crippen LogP contribution in [0.5, 0.6) is 0 Å². The van der Waals surface area contributed by atoms with Crippen LogP contribution in [0.3, 0.4) is 0 Å². The highest BCUT2D eigenvalue weighted by Gasteiger charge is 2.15. The lowest BCUT2D eigenvalue weighted by atomic mass is 10.1. The highest BCUT2D eigenvalue weighted by molar-refractivity contribution is 6.31. The molecule has 1 N–H and O–H groups in total. The number of anilines is 1. The van der Waals surface area contributed by atoms with Gasteiger partial charge in [0.15, 0.2) is 6.61 Å². The van der Waals surface area contributed by atoms with Gasteiger partial charge in [-0.15, -0.1) is 0 Å². The molecule has 3 aromatic rings. The molecule has 0 aliphatic carbocycles. The van der Waals surface area contributed by atoms with E-state index in [0.29, 0.717) is 32.9 Å². The van der Waals surface area contributed by atoms with E-state index in [1.165, 1.54) is 0 Å². The summed E-state index contributed by atoms with van der Waals surface area (Å²) < 4.78 is 5.18. The van der Waals surface area contributed by atoms with E-state index in [4.69, 9.17) is 16.3 Å². The molecule has 3 rings (SSSR count). The van der Waals surface area contributed by atoms with Gasteiger partial charge in [-0.25, -0.2) is 4.79 Å². The maximum Gasteiger partial charge on any atom is 0.339 e. The van der Waals surface area contributed by atoms with Crippen LogP contribution in [0.15, 0.2) is 48.5 Å². The molecule has 0 bridgehead atoms. The first-order valence-electron chi connectivity index (χ1n) is 8.04. The van der Waals surface area contributed by atoms with Crippen molar-refractivity contribution < 1.29 is 14.3 Å². The Morgan fingerprint density at radius 1 is 1.12 bits per heavy atom. The fraction of sp³-hybridized carbons (Fsp3) is 0.150. The summed E-state index contributed by atoms with van der Waals surface area (Å²) in [5.41, 5.74) is 3.14. The number of pyridine rings is 1. The van der Waals surface area contributed by atoms with Crippen LogP contribution in [0, 0.1) is 13.8 Å². The molecule has 6 heteroatoms. The Kier molecular flexibility index (Phi) is 5.19. The molecule has 0 aliphatic heterocycles. The first-order chi connectivity index (χ1) is 12.5. The number of aryl methyl sites for hydroxylation is 1. The SMILES string of the molecule is Cc1cc(C(=O)OCC(=O)Nc2cccc(Cl)c2C)c2ccccc2n1. The number of amides is 1. The lowest BCUT2D eigenvalue weighted by molar-refractivity contribution is -0.119. The minimum Gasteiger partial charge on any atom is -0.452 e. The average molecular weight is 369 g/mol. The number of nitrogens with one attached hydrogen (secondary N) is 1. The van der Waals surface area contributed by atoms with Gasteiger partial charge in [0.1, 0.15) is 0 Å². The van der Waals surface area contributed by atoms with Crippen LogP contribution < -0.4 is 5.32 Å². The van der Waals surface area contributed by atoms with E-state index in [2.05, 4.69) is 10.3 Å². The molecule has 5 nitrogen and oxygen atoms in total. The van der Waals surface area contributed by atoms with Crippen molar-refractivity contribution in [2.75, 3.05) is 11.9 Å². The van der Waals surface area contributed by atoms with E-state index >= 15 is 0 Å². The molecule has 0 atom stereocenters. The first-order valence-corrected chi connectivity index (χ1v) is 8.42. The van der Waals surface area contributed by atoms with Crippen molar-refractivity contribution in [3.8, 4) is 0 Å². The van der Waals surface area contributed by atoms with E-state index in [1.807, 2.05) is 18.2 Å². The molecule has 1 heterocycles. The number of hydrogen-bond acceptors (Lipinski definition) is 4. The van der Waals surface area contributed by atoms with Crippen molar-refractivity contribution in [3.63, 3.8) is 0 Å². The van der Waals surface area contributed by atoms with Gasteiger partial charge in [0.25, 0.3) is 5.91 Å². The molecule has 2 aromatic carbocycles. The predicted molar refractivity (Wildman–Crippen MR) is 102 cm³/mol. The van der Waals surface area contributed by atoms with Crippen molar-refractivity contribution in [3.05, 3.63) is 70.4 Å². The van der Waals surface area contributed by atoms with Gasteiger partial charge >= 0.3 is 5.97 Å². The number of carbonyl (C=O) groups is 2. The summed E-state index contributed by atoms with van der Waals surface area (Å²) in [7, 11) is 0. The minimum atomic E-state index is -0.565. The second-order valence-corrected chi connectivity index (χ2v) is 6.27. The van der Waals surface area contributed by atoms with Crippen molar-refractivity contribution in [2.24, 2.45) is 0 Å². The number of aromatic nitrogens is 1. The quantitative estimate of drug-likeness (QED) is 0.697. The molecule has 1 aromatic heterocycles. The van der Waals surface area contributed by atoms with Gasteiger partial charge < -0.3 is 10.1 Å². The molecular weight excluding hydrogens is 352 g/mol. The normalized spacial score (nSPS) is 10.6. The second kappa shape index (κ2) is 7.54. The molecule has 1 amide bonds. The first kappa shape index (κ1) is 17.9. The third-order valence-corrected chi connectivity index (χ3v) is 4.35. The molecular formula is C20H17ClN2O3. The summed E-state index contributed by atoms with van der Waals surface area (Å²) in [5.74, 6) is -0.997. The van der Waals surface area contributed by atoms with Gasteiger partial charge in [-0.1, -0.05) is 35.9 Å². The Morgan fingerprint density at radius 2 is 1.88 bits per heavy atom. The Labute approximate surface area is 156 Å². The highest BCUT2D eigenvalue weighted by Crippen LogP contribution is 2.23. The summed E-state index contributed by atoms with van der Waals surface area (Å²) in [6.07, 6.45) is 0. The van der Waals surface area contributed by atoms with Crippen molar-refractivity contribution in [1.29, 1.82) is 0 Å². The maximum atomic E-state index is 12.4. The van der Waals surface area contributed by atoms with Crippen molar-refractivity contribution in [1.82, 2.24) is 4.98 Å². The zero-order chi connectivity index (χ0) is 18.7. The molecule has 0 fully saturated rings. The van der Waals surface area contributed by atoms with E-state index < -0.39 is 11.9 Å². The number of hydrogen-bond donors (Lipinski definition) is 1. The Balaban J connectivity index is 1.71. The third-order valence-electron chi connectivity index (χ3n) is 3.94. The fourth-order valence-electron chi connectivity index (χ4n) is 2.61. The van der Waals surface area contributed by atoms with Gasteiger partial charge in [0.2, 0.25) is 0 Å². The topological polar surface area (TPSA) is 68.3 Å². The fourth-order valence-corrected chi connectivity index (χ4v) is 2.79. The standard InChI is InChI=1S/C20H17ClN2O3/c1-12-10-15(14-6-3-4-8-18(14)22-12)20(25)26-11-19(24)23-17-9-5-7-16(21)13(17)2/h3-10H,11H2,1-2H3,(H,23,24). The maximum absolute atomic E-state index is 12.4. The second-order valence-electron chi connectivity index (χ2n) is 5.87. The number of esters is 1. The van der Waals surface area contributed by atoms with Crippen LogP contribution in [0.25, 0.3) is 10.9 Å². The molecule has 26 heavy (non-hydrogen) atoms. The number of fused-ring (bicyclic) bond motifs is 1. The number of para-hydroxylation sites is 1. The molecule has 0 saturated carbocycles. The van der Waals surface area contributed by atoms with Gasteiger partial charge in [-0.05, 0) is 43.7 Å². The van der Waals surface area contributed by atoms with Crippen molar-refractivity contribution in [2.45, 2.75) is 13.8 Å². The Morgan fingerprint density at radius 3 is 2.69 bits per heavy atom. The van der Waals surface area contributed by atoms with Gasteiger partial charge in [0.05, 0.1) is 11.1 Å². The van der Waals surface area contributed by atoms with Crippen LogP contribution in [0.2, 0.25) is 5.02 Å². The van der Waals surface area contributed by atoms with Crippen LogP contribution >= 0.6 is 11.6 Å². The van der Waals surface area contributed by atoms with Crippen LogP contribution in [0.4, 0.5) is 5.69 Å². The van der Waals surface area contributed by atoms with E-state index in [9.17, 15) is 9.59 Å². The van der Waals surface area contributed by atoms with Crippen molar-refractivity contribution >= 4 is 40.1 Å².